The van der Waals surface area contributed by atoms with Crippen LogP contribution in [-0.4, -0.2) is 405 Å². The Balaban J connectivity index is 0.000000649. The number of carbonyl (C=O) groups is 1. The van der Waals surface area contributed by atoms with Crippen molar-refractivity contribution in [1.82, 2.24) is 10.6 Å². The average Bonchev–Trinajstić information content (AvgIpc) is 0.836. The first kappa shape index (κ1) is 107. The quantitative estimate of drug-likeness (QED) is 0.0815. The summed E-state index contributed by atoms with van der Waals surface area (Å²) in [5, 5.41) is 222. The van der Waals surface area contributed by atoms with Gasteiger partial charge in [0.15, 0.2) is 50.2 Å². The van der Waals surface area contributed by atoms with Gasteiger partial charge in [0.1, 0.15) is 134 Å². The molecule has 0 saturated carbocycles. The highest BCUT2D eigenvalue weighted by Crippen LogP contribution is 2.33. The molecule has 25 N–H and O–H groups in total. The van der Waals surface area contributed by atoms with E-state index in [1.54, 1.807) is 69.2 Å². The summed E-state index contributed by atoms with van der Waals surface area (Å²) >= 11 is 0. The number of hydrogen-bond acceptors (Lipinski definition) is 38. The van der Waals surface area contributed by atoms with E-state index in [0.717, 1.165) is 0 Å². The molecule has 664 valence electrons. The summed E-state index contributed by atoms with van der Waals surface area (Å²) in [5.74, 6) is -0.707. The molecule has 0 aromatic rings. The highest BCUT2D eigenvalue weighted by molar-refractivity contribution is 5.73. The van der Waals surface area contributed by atoms with Gasteiger partial charge >= 0.3 is 0 Å². The smallest absolute Gasteiger partial charge is 0.217 e. The molecule has 0 aromatic heterocycles. The van der Waals surface area contributed by atoms with Crippen molar-refractivity contribution in [2.24, 2.45) is 5.92 Å². The van der Waals surface area contributed by atoms with E-state index >= 15 is 0 Å². The number of aliphatic hydroxyl groups is 23. The van der Waals surface area contributed by atoms with Gasteiger partial charge in [-0.05, 0) is 145 Å². The number of aliphatic hydroxyl groups excluding tert-OH is 23. The maximum atomic E-state index is 13.6. The fourth-order valence-corrected chi connectivity index (χ4v) is 10.8. The Morgan fingerprint density at radius 1 is 0.333 bits per heavy atom. The van der Waals surface area contributed by atoms with Gasteiger partial charge in [-0.25, -0.2) is 4.39 Å². The van der Waals surface area contributed by atoms with Gasteiger partial charge in [-0.3, -0.25) is 4.79 Å². The summed E-state index contributed by atoms with van der Waals surface area (Å²) in [4.78, 5) is 11.2. The lowest BCUT2D eigenvalue weighted by molar-refractivity contribution is -0.320. The van der Waals surface area contributed by atoms with Gasteiger partial charge in [0, 0.05) is 18.4 Å². The third-order valence-corrected chi connectivity index (χ3v) is 16.3. The second-order valence-electron chi connectivity index (χ2n) is 34.9. The van der Waals surface area contributed by atoms with Crippen molar-refractivity contribution in [3.05, 3.63) is 0 Å². The van der Waals surface area contributed by atoms with E-state index in [2.05, 4.69) is 10.6 Å². The summed E-state index contributed by atoms with van der Waals surface area (Å²) in [6, 6.07) is -1.67. The van der Waals surface area contributed by atoms with E-state index in [-0.39, 0.29) is 37.2 Å². The Kier molecular flexibility index (Phi) is 44.2. The second kappa shape index (κ2) is 45.9. The Morgan fingerprint density at radius 3 is 0.955 bits per heavy atom. The number of carbonyl (C=O) groups excluding carboxylic acids is 1. The van der Waals surface area contributed by atoms with Gasteiger partial charge in [-0.1, -0.05) is 6.92 Å². The maximum Gasteiger partial charge on any atom is 0.217 e. The second-order valence-corrected chi connectivity index (χ2v) is 34.9. The van der Waals surface area contributed by atoms with Crippen molar-refractivity contribution in [1.29, 1.82) is 0 Å². The molecule has 33 atom stereocenters. The molecule has 7 rings (SSSR count). The van der Waals surface area contributed by atoms with Crippen molar-refractivity contribution in [2.45, 2.75) is 395 Å². The molecule has 7 aliphatic heterocycles. The molecule has 1 amide bonds. The van der Waals surface area contributed by atoms with Crippen LogP contribution in [0.5, 0.6) is 0 Å². The van der Waals surface area contributed by atoms with Gasteiger partial charge in [0.2, 0.25) is 5.91 Å². The molecule has 7 fully saturated rings. The molecular weight excluding hydrogens is 1490 g/mol. The molecule has 0 radical (unpaired) electrons. The predicted octanol–water partition coefficient (Wildman–Crippen LogP) is -6.54. The summed E-state index contributed by atoms with van der Waals surface area (Å²) in [7, 11) is 0. The molecule has 0 spiro atoms. The topological polar surface area (TPSA) is 626 Å². The van der Waals surface area contributed by atoms with Crippen LogP contribution >= 0.6 is 0 Å². The van der Waals surface area contributed by atoms with Gasteiger partial charge in [-0.2, -0.15) is 0 Å². The molecular formula is C71H141FN2O37. The largest absolute Gasteiger partial charge is 0.394 e. The first-order valence-corrected chi connectivity index (χ1v) is 36.9. The van der Waals surface area contributed by atoms with E-state index in [0.29, 0.717) is 0 Å². The number of rotatable bonds is 13. The minimum atomic E-state index is -1.84. The van der Waals surface area contributed by atoms with Crippen molar-refractivity contribution in [3.8, 4) is 0 Å². The first-order valence-electron chi connectivity index (χ1n) is 36.9. The SMILES string of the molecule is CC(=O)NC1[C@H](OC(C)(C)C)OC(CO)[C@@H](O)[C@@H]1O.CC(C)(C)NC1[C@H](O)OC(CO)[C@@H](O)[C@@H]1O.CC(C)(C)OC1OC[C@@H](O)[C@H](O)C1O.CC(C)(C)OC1OC[C@@H](O)[C@H](O)C1O.CC(C)(C)O[C@@H]1OC(CO)[C@@H](O)[C@H](O)C1F.CC(C)(C)O[C@@H]1OC(CO)[C@@H](O)[C@H](O)C1O.CC1[C@@H](OC(C)(C)C)OC(CO)[C@@H](O)[C@@H]1O. The Labute approximate surface area is 649 Å². The third-order valence-electron chi connectivity index (χ3n) is 16.3. The van der Waals surface area contributed by atoms with Crippen LogP contribution in [0.2, 0.25) is 0 Å². The van der Waals surface area contributed by atoms with E-state index < -0.39 is 257 Å². The fourth-order valence-electron chi connectivity index (χ4n) is 10.8. The van der Waals surface area contributed by atoms with Crippen molar-refractivity contribution < 1.29 is 188 Å². The predicted molar refractivity (Wildman–Crippen MR) is 386 cm³/mol. The van der Waals surface area contributed by atoms with Crippen molar-refractivity contribution in [3.63, 3.8) is 0 Å². The summed E-state index contributed by atoms with van der Waals surface area (Å²) in [6.45, 7) is 38.8. The summed E-state index contributed by atoms with van der Waals surface area (Å²) in [5.41, 5.74) is -3.43. The highest BCUT2D eigenvalue weighted by Gasteiger charge is 2.51. The zero-order valence-corrected chi connectivity index (χ0v) is 68.4. The van der Waals surface area contributed by atoms with Crippen LogP contribution < -0.4 is 10.6 Å². The average molecular weight is 1630 g/mol. The van der Waals surface area contributed by atoms with Gasteiger partial charge in [-0.15, -0.1) is 0 Å². The van der Waals surface area contributed by atoms with Crippen LogP contribution in [0.15, 0.2) is 0 Å². The Bertz CT molecular complexity index is 2390. The first-order chi connectivity index (χ1) is 50.3. The van der Waals surface area contributed by atoms with Gasteiger partial charge < -0.3 is 190 Å². The Hall–Kier alpha value is -2.08. The molecule has 111 heavy (non-hydrogen) atoms. The number of amides is 1. The number of halogens is 1. The third kappa shape index (κ3) is 37.0. The van der Waals surface area contributed by atoms with E-state index in [4.69, 9.17) is 87.1 Å². The highest BCUT2D eigenvalue weighted by atomic mass is 19.1. The maximum absolute atomic E-state index is 13.6. The van der Waals surface area contributed by atoms with Crippen molar-refractivity contribution in [2.75, 3.05) is 46.2 Å². The number of nitrogens with one attached hydrogen (secondary N) is 2. The molecule has 7 aliphatic rings. The molecule has 14 unspecified atom stereocenters. The number of hydrogen-bond donors (Lipinski definition) is 25. The number of alkyl halides is 1. The molecule has 7 heterocycles. The molecule has 7 saturated heterocycles. The zero-order chi connectivity index (χ0) is 86.7. The molecule has 0 bridgehead atoms. The van der Waals surface area contributed by atoms with E-state index in [1.165, 1.54) is 6.92 Å². The van der Waals surface area contributed by atoms with Crippen LogP contribution in [0, 0.1) is 5.92 Å². The lowest BCUT2D eigenvalue weighted by Gasteiger charge is -2.44. The monoisotopic (exact) mass is 1630 g/mol. The Morgan fingerprint density at radius 2 is 0.604 bits per heavy atom. The van der Waals surface area contributed by atoms with Crippen LogP contribution in [0.1, 0.15) is 159 Å². The minimum absolute atomic E-state index is 0.0288. The van der Waals surface area contributed by atoms with Gasteiger partial charge in [0.25, 0.3) is 0 Å². The van der Waals surface area contributed by atoms with Crippen molar-refractivity contribution >= 4 is 5.91 Å². The molecule has 39 nitrogen and oxygen atoms in total. The molecule has 0 aliphatic carbocycles. The number of ether oxygens (including phenoxy) is 13. The normalized spacial score (nSPS) is 39.9. The molecule has 0 aromatic carbocycles. The fraction of sp³-hybridized carbons (Fsp3) is 0.986. The molecule has 40 heteroatoms. The van der Waals surface area contributed by atoms with Crippen LogP contribution in [0.25, 0.3) is 0 Å². The summed E-state index contributed by atoms with van der Waals surface area (Å²) < 4.78 is 82.4. The standard InChI is InChI=1S/C12H23NO6.C11H22O5.C10H19FO5.C10H21NO5.C10H20O6.2C9H18O5/c1-6(15)13-8-10(17)9(16)7(5-14)18-11(8)19-12(2,3)4;1-6-8(13)9(14)7(5-12)15-10(6)16-11(2,3)4;1-10(2,3)16-9-6(11)8(14)7(13)5(4-12)15-9;1-10(2,3)11-6-8(14)7(13)5(4-12)16-9(6)15;1-10(2,3)16-9-8(14)7(13)6(12)5(4-11)15-9;2*1-9(2,3)14-8-7(12)6(11)5(10)4-13-8/h7-11,14,16-17H,5H2,1-4H3,(H,13,15);6-10,12-14H,5H2,1-4H3;5-9,12-14H,4H2,1-3H3;5-9,11-15H,4H2,1-3H3;5-9,11-14H,4H2,1-3H3;2*5-8,10-12H,4H2,1-3H3/t7?,8?,9-,10-,11+;6?,7?,8-,9-,10-;5?,6?,7-,8-,9+;5?,6?,7-,8-,9-;5?,6-,7+,8?,9+;2*5-,6+,7?,8?/m1111111/s1. The lowest BCUT2D eigenvalue weighted by Crippen LogP contribution is -2.65. The van der Waals surface area contributed by atoms with E-state index in [1.807, 2.05) is 83.1 Å². The van der Waals surface area contributed by atoms with Gasteiger partial charge in [0.05, 0.1) is 92.0 Å². The minimum Gasteiger partial charge on any atom is -0.394 e. The van der Waals surface area contributed by atoms with E-state index in [9.17, 15) is 101 Å². The zero-order valence-electron chi connectivity index (χ0n) is 68.4. The lowest BCUT2D eigenvalue weighted by atomic mass is 9.92. The van der Waals surface area contributed by atoms with Crippen LogP contribution in [0.3, 0.4) is 0 Å². The van der Waals surface area contributed by atoms with Crippen LogP contribution in [-0.2, 0) is 66.4 Å². The van der Waals surface area contributed by atoms with Crippen LogP contribution in [0.4, 0.5) is 4.39 Å². The summed E-state index contributed by atoms with van der Waals surface area (Å²) in [6.07, 6.45) is -34.5.